The van der Waals surface area contributed by atoms with Gasteiger partial charge in [0.2, 0.25) is 0 Å². The van der Waals surface area contributed by atoms with Gasteiger partial charge in [-0.05, 0) is 37.9 Å². The molecule has 0 atom stereocenters. The van der Waals surface area contributed by atoms with E-state index >= 15 is 0 Å². The molecular weight excluding hydrogens is 382 g/mol. The molecule has 1 aliphatic heterocycles. The summed E-state index contributed by atoms with van der Waals surface area (Å²) in [7, 11) is 0. The second-order valence-electron chi connectivity index (χ2n) is 6.37. The molecule has 1 amide bonds. The Morgan fingerprint density at radius 2 is 2.18 bits per heavy atom. The first kappa shape index (κ1) is 18.2. The van der Waals surface area contributed by atoms with Gasteiger partial charge in [-0.3, -0.25) is 20.2 Å². The lowest BCUT2D eigenvalue weighted by Gasteiger charge is -2.20. The summed E-state index contributed by atoms with van der Waals surface area (Å²) in [5, 5.41) is 25.2. The summed E-state index contributed by atoms with van der Waals surface area (Å²) in [6, 6.07) is 5.95. The molecule has 1 aromatic carbocycles. The number of anilines is 1. The molecular formula is C17H17N7O3S. The third-order valence-corrected chi connectivity index (χ3v) is 5.59. The number of carbonyl (C=O) groups excluding carboxylic acids is 1. The molecule has 144 valence electrons. The molecule has 28 heavy (non-hydrogen) atoms. The number of nitrogens with zero attached hydrogens (tertiary/aromatic N) is 5. The number of rotatable bonds is 5. The second-order valence-corrected chi connectivity index (χ2v) is 7.43. The quantitative estimate of drug-likeness (QED) is 0.498. The van der Waals surface area contributed by atoms with Crippen LogP contribution in [0.25, 0.3) is 5.69 Å². The molecule has 11 heteroatoms. The van der Waals surface area contributed by atoms with Gasteiger partial charge in [0.05, 0.1) is 16.8 Å². The van der Waals surface area contributed by atoms with Gasteiger partial charge in [-0.15, -0.1) is 16.4 Å². The average Bonchev–Trinajstić information content (AvgIpc) is 3.39. The number of amides is 1. The molecule has 0 radical (unpaired) electrons. The van der Waals surface area contributed by atoms with Crippen LogP contribution in [0.2, 0.25) is 0 Å². The van der Waals surface area contributed by atoms with Crippen LogP contribution in [0.5, 0.6) is 0 Å². The van der Waals surface area contributed by atoms with Crippen LogP contribution in [0.3, 0.4) is 0 Å². The highest BCUT2D eigenvalue weighted by molar-refractivity contribution is 7.15. The van der Waals surface area contributed by atoms with Gasteiger partial charge in [-0.25, -0.2) is 9.67 Å². The summed E-state index contributed by atoms with van der Waals surface area (Å²) in [4.78, 5) is 28.3. The summed E-state index contributed by atoms with van der Waals surface area (Å²) >= 11 is 1.47. The van der Waals surface area contributed by atoms with Crippen molar-refractivity contribution >= 4 is 28.1 Å². The lowest BCUT2D eigenvalue weighted by Crippen LogP contribution is -2.26. The van der Waals surface area contributed by atoms with Crippen molar-refractivity contribution in [1.82, 2.24) is 25.3 Å². The molecule has 2 N–H and O–H groups in total. The van der Waals surface area contributed by atoms with Crippen LogP contribution in [0.4, 0.5) is 10.8 Å². The maximum absolute atomic E-state index is 12.4. The van der Waals surface area contributed by atoms with Crippen molar-refractivity contribution in [3.8, 4) is 5.69 Å². The smallest absolute Gasteiger partial charge is 0.279 e. The van der Waals surface area contributed by atoms with Gasteiger partial charge in [0.15, 0.2) is 10.8 Å². The van der Waals surface area contributed by atoms with E-state index in [4.69, 9.17) is 0 Å². The summed E-state index contributed by atoms with van der Waals surface area (Å²) < 4.78 is 1.32. The monoisotopic (exact) mass is 399 g/mol. The number of non-ortho nitro benzene ring substituents is 1. The van der Waals surface area contributed by atoms with Crippen molar-refractivity contribution in [1.29, 1.82) is 0 Å². The van der Waals surface area contributed by atoms with Crippen LogP contribution < -0.4 is 10.6 Å². The Balaban J connectivity index is 1.45. The molecule has 4 rings (SSSR count). The minimum atomic E-state index is -0.490. The third-order valence-electron chi connectivity index (χ3n) is 4.52. The summed E-state index contributed by atoms with van der Waals surface area (Å²) in [5.74, 6) is 0.0436. The Morgan fingerprint density at radius 1 is 1.36 bits per heavy atom. The molecule has 3 aromatic rings. The normalized spacial score (nSPS) is 14.7. The van der Waals surface area contributed by atoms with E-state index < -0.39 is 10.8 Å². The maximum Gasteiger partial charge on any atom is 0.279 e. The van der Waals surface area contributed by atoms with E-state index in [1.807, 2.05) is 6.20 Å². The number of nitro groups is 1. The first-order valence-corrected chi connectivity index (χ1v) is 9.57. The van der Waals surface area contributed by atoms with E-state index in [0.29, 0.717) is 16.7 Å². The van der Waals surface area contributed by atoms with E-state index in [1.165, 1.54) is 34.3 Å². The van der Waals surface area contributed by atoms with Crippen LogP contribution in [-0.2, 0) is 0 Å². The van der Waals surface area contributed by atoms with E-state index in [9.17, 15) is 14.9 Å². The predicted molar refractivity (Wildman–Crippen MR) is 103 cm³/mol. The number of piperidine rings is 1. The highest BCUT2D eigenvalue weighted by atomic mass is 32.1. The molecule has 1 saturated heterocycles. The van der Waals surface area contributed by atoms with Gasteiger partial charge in [0, 0.05) is 23.2 Å². The zero-order valence-corrected chi connectivity index (χ0v) is 15.6. The van der Waals surface area contributed by atoms with E-state index in [2.05, 4.69) is 25.9 Å². The standard InChI is InChI=1S/C17H17N7O3S/c25-16(20-17-19-9-15(28-17)11-4-6-18-7-5-11)14-10-23(22-21-14)12-2-1-3-13(8-12)24(26)27/h1-3,8-11,18H,4-7H2,(H,19,20,25). The van der Waals surface area contributed by atoms with E-state index in [1.54, 1.807) is 12.1 Å². The number of hydrogen-bond donors (Lipinski definition) is 2. The first-order valence-electron chi connectivity index (χ1n) is 8.75. The predicted octanol–water partition coefficient (Wildman–Crippen LogP) is 2.35. The van der Waals surface area contributed by atoms with Crippen molar-refractivity contribution < 1.29 is 9.72 Å². The van der Waals surface area contributed by atoms with Crippen LogP contribution in [0, 0.1) is 10.1 Å². The Morgan fingerprint density at radius 3 is 2.96 bits per heavy atom. The number of thiazole rings is 1. The van der Waals surface area contributed by atoms with Crippen LogP contribution in [0.1, 0.15) is 34.1 Å². The Hall–Kier alpha value is -3.18. The van der Waals surface area contributed by atoms with E-state index in [-0.39, 0.29) is 11.4 Å². The SMILES string of the molecule is O=C(Nc1ncc(C2CCNCC2)s1)c1cn(-c2cccc([N+](=O)[O-])c2)nn1. The molecule has 0 bridgehead atoms. The largest absolute Gasteiger partial charge is 0.317 e. The lowest BCUT2D eigenvalue weighted by molar-refractivity contribution is -0.384. The number of carbonyl (C=O) groups is 1. The van der Waals surface area contributed by atoms with Gasteiger partial charge in [-0.1, -0.05) is 11.3 Å². The van der Waals surface area contributed by atoms with Crippen LogP contribution >= 0.6 is 11.3 Å². The van der Waals surface area contributed by atoms with Crippen LogP contribution in [-0.4, -0.2) is 43.9 Å². The third kappa shape index (κ3) is 3.89. The zero-order valence-electron chi connectivity index (χ0n) is 14.7. The van der Waals surface area contributed by atoms with Gasteiger partial charge in [-0.2, -0.15) is 0 Å². The number of benzene rings is 1. The minimum absolute atomic E-state index is 0.0628. The molecule has 0 saturated carbocycles. The maximum atomic E-state index is 12.4. The molecule has 1 aliphatic rings. The molecule has 10 nitrogen and oxygen atoms in total. The number of nitro benzene ring substituents is 1. The fourth-order valence-corrected chi connectivity index (χ4v) is 4.02. The molecule has 0 aliphatic carbocycles. The second kappa shape index (κ2) is 7.82. The zero-order chi connectivity index (χ0) is 19.5. The van der Waals surface area contributed by atoms with Gasteiger partial charge in [0.25, 0.3) is 11.6 Å². The lowest BCUT2D eigenvalue weighted by atomic mass is 9.97. The highest BCUT2D eigenvalue weighted by Gasteiger charge is 2.19. The number of aromatic nitrogens is 4. The first-order chi connectivity index (χ1) is 13.6. The van der Waals surface area contributed by atoms with Crippen LogP contribution in [0.15, 0.2) is 36.7 Å². The number of nitrogens with one attached hydrogen (secondary N) is 2. The fourth-order valence-electron chi connectivity index (χ4n) is 3.04. The summed E-state index contributed by atoms with van der Waals surface area (Å²) in [6.07, 6.45) is 5.37. The summed E-state index contributed by atoms with van der Waals surface area (Å²) in [5.41, 5.74) is 0.487. The van der Waals surface area contributed by atoms with Gasteiger partial charge < -0.3 is 5.32 Å². The molecule has 0 unspecified atom stereocenters. The fraction of sp³-hybridized carbons (Fsp3) is 0.294. The van der Waals surface area contributed by atoms with Gasteiger partial charge >= 0.3 is 0 Å². The van der Waals surface area contributed by atoms with Crippen molar-refractivity contribution in [3.63, 3.8) is 0 Å². The molecule has 1 fully saturated rings. The van der Waals surface area contributed by atoms with Crippen molar-refractivity contribution in [2.75, 3.05) is 18.4 Å². The average molecular weight is 399 g/mol. The Bertz CT molecular complexity index is 1010. The highest BCUT2D eigenvalue weighted by Crippen LogP contribution is 2.31. The molecule has 3 heterocycles. The molecule has 2 aromatic heterocycles. The van der Waals surface area contributed by atoms with Crippen molar-refractivity contribution in [2.24, 2.45) is 0 Å². The number of hydrogen-bond acceptors (Lipinski definition) is 8. The minimum Gasteiger partial charge on any atom is -0.317 e. The Kier molecular flexibility index (Phi) is 5.08. The molecule has 0 spiro atoms. The Labute approximate surface area is 163 Å². The van der Waals surface area contributed by atoms with Crippen molar-refractivity contribution in [2.45, 2.75) is 18.8 Å². The van der Waals surface area contributed by atoms with Crippen molar-refractivity contribution in [3.05, 3.63) is 57.3 Å². The van der Waals surface area contributed by atoms with E-state index in [0.717, 1.165) is 30.8 Å². The topological polar surface area (TPSA) is 128 Å². The van der Waals surface area contributed by atoms with Gasteiger partial charge in [0.1, 0.15) is 0 Å². The summed E-state index contributed by atoms with van der Waals surface area (Å²) in [6.45, 7) is 1.98.